The lowest BCUT2D eigenvalue weighted by atomic mass is 10.1. The summed E-state index contributed by atoms with van der Waals surface area (Å²) in [5.74, 6) is -0.266. The summed E-state index contributed by atoms with van der Waals surface area (Å²) < 4.78 is 15.0. The summed E-state index contributed by atoms with van der Waals surface area (Å²) in [7, 11) is 0. The van der Waals surface area contributed by atoms with Crippen LogP contribution in [0.4, 0.5) is 10.1 Å². The molecule has 1 aromatic heterocycles. The Morgan fingerprint density at radius 1 is 1.07 bits per heavy atom. The van der Waals surface area contributed by atoms with Crippen LogP contribution in [-0.4, -0.2) is 21.9 Å². The van der Waals surface area contributed by atoms with Gasteiger partial charge in [0.1, 0.15) is 5.82 Å². The highest BCUT2D eigenvalue weighted by Crippen LogP contribution is 2.30. The van der Waals surface area contributed by atoms with E-state index >= 15 is 0 Å². The summed E-state index contributed by atoms with van der Waals surface area (Å²) in [4.78, 5) is 13.5. The van der Waals surface area contributed by atoms with Crippen molar-refractivity contribution in [3.8, 4) is 0 Å². The molecule has 4 rings (SSSR count). The van der Waals surface area contributed by atoms with Crippen LogP contribution in [0.15, 0.2) is 77.8 Å². The van der Waals surface area contributed by atoms with Gasteiger partial charge in [0.2, 0.25) is 5.91 Å². The first-order valence-corrected chi connectivity index (χ1v) is 11.0. The molecule has 0 bridgehead atoms. The highest BCUT2D eigenvalue weighted by Gasteiger charge is 2.11. The third-order valence-electron chi connectivity index (χ3n) is 4.88. The average Bonchev–Trinajstić information content (AvgIpc) is 3.16. The molecule has 0 radical (unpaired) electrons. The molecule has 0 saturated heterocycles. The number of carbonyl (C=O) groups is 1. The minimum Gasteiger partial charge on any atom is -0.326 e. The van der Waals surface area contributed by atoms with Crippen molar-refractivity contribution in [2.24, 2.45) is 0 Å². The predicted molar refractivity (Wildman–Crippen MR) is 120 cm³/mol. The number of nitrogens with one attached hydrogen (secondary N) is 1. The van der Waals surface area contributed by atoms with Gasteiger partial charge in [-0.25, -0.2) is 4.39 Å². The molecule has 0 unspecified atom stereocenters. The molecule has 1 N–H and O–H groups in total. The van der Waals surface area contributed by atoms with Crippen LogP contribution in [0.2, 0.25) is 0 Å². The fraction of sp³-hybridized carbons (Fsp3) is 0.167. The maximum atomic E-state index is 13.1. The van der Waals surface area contributed by atoms with Crippen LogP contribution in [0.3, 0.4) is 0 Å². The first-order chi connectivity index (χ1) is 14.6. The highest BCUT2D eigenvalue weighted by molar-refractivity contribution is 7.98. The zero-order valence-corrected chi connectivity index (χ0v) is 17.5. The number of thioether (sulfide) groups is 1. The van der Waals surface area contributed by atoms with Crippen molar-refractivity contribution < 1.29 is 9.18 Å². The second-order valence-electron chi connectivity index (χ2n) is 7.10. The monoisotopic (exact) mass is 419 g/mol. The number of hydrogen-bond donors (Lipinski definition) is 1. The van der Waals surface area contributed by atoms with Gasteiger partial charge in [-0.1, -0.05) is 42.5 Å². The molecule has 0 saturated carbocycles. The third-order valence-corrected chi connectivity index (χ3v) is 5.66. The van der Waals surface area contributed by atoms with Crippen LogP contribution >= 0.6 is 11.8 Å². The van der Waals surface area contributed by atoms with Crippen molar-refractivity contribution in [2.75, 3.05) is 11.6 Å². The fourth-order valence-electron chi connectivity index (χ4n) is 3.37. The molecule has 6 heteroatoms. The lowest BCUT2D eigenvalue weighted by Gasteiger charge is -2.07. The zero-order chi connectivity index (χ0) is 20.9. The number of nitrogens with zero attached hydrogens (tertiary/aromatic N) is 2. The molecule has 152 valence electrons. The van der Waals surface area contributed by atoms with E-state index in [1.165, 1.54) is 12.1 Å². The van der Waals surface area contributed by atoms with E-state index in [0.29, 0.717) is 19.4 Å². The first-order valence-electron chi connectivity index (χ1n) is 9.74. The molecule has 1 heterocycles. The lowest BCUT2D eigenvalue weighted by Crippen LogP contribution is -2.12. The molecule has 1 amide bonds. The molecule has 0 aliphatic rings. The number of aryl methyl sites for hydroxylation is 1. The Balaban J connectivity index is 1.49. The van der Waals surface area contributed by atoms with E-state index in [1.807, 2.05) is 59.6 Å². The number of rotatable bonds is 7. The molecule has 4 aromatic rings. The molecule has 4 nitrogen and oxygen atoms in total. The van der Waals surface area contributed by atoms with Gasteiger partial charge in [0, 0.05) is 28.6 Å². The van der Waals surface area contributed by atoms with Gasteiger partial charge < -0.3 is 5.32 Å². The van der Waals surface area contributed by atoms with Crippen LogP contribution in [0.1, 0.15) is 17.5 Å². The number of aromatic nitrogens is 2. The Labute approximate surface area is 179 Å². The van der Waals surface area contributed by atoms with E-state index in [2.05, 4.69) is 10.4 Å². The Hall–Kier alpha value is -3.12. The Bertz CT molecular complexity index is 1160. The summed E-state index contributed by atoms with van der Waals surface area (Å²) >= 11 is 1.62. The molecule has 0 aliphatic heterocycles. The first kappa shape index (κ1) is 20.2. The number of benzene rings is 3. The molecular weight excluding hydrogens is 397 g/mol. The largest absolute Gasteiger partial charge is 0.326 e. The van der Waals surface area contributed by atoms with Gasteiger partial charge >= 0.3 is 0 Å². The van der Waals surface area contributed by atoms with Crippen LogP contribution in [-0.2, 0) is 17.8 Å². The maximum absolute atomic E-state index is 13.1. The number of carbonyl (C=O) groups excluding carboxylic acids is 1. The summed E-state index contributed by atoms with van der Waals surface area (Å²) in [5.41, 5.74) is 3.69. The molecular formula is C24H22FN3OS. The fourth-order valence-corrected chi connectivity index (χ4v) is 3.99. The Morgan fingerprint density at radius 3 is 2.57 bits per heavy atom. The van der Waals surface area contributed by atoms with Crippen LogP contribution < -0.4 is 5.32 Å². The molecule has 30 heavy (non-hydrogen) atoms. The van der Waals surface area contributed by atoms with Crippen molar-refractivity contribution in [1.82, 2.24) is 9.78 Å². The normalized spacial score (nSPS) is 11.0. The van der Waals surface area contributed by atoms with Gasteiger partial charge in [-0.3, -0.25) is 9.48 Å². The van der Waals surface area contributed by atoms with Crippen molar-refractivity contribution in [1.29, 1.82) is 0 Å². The van der Waals surface area contributed by atoms with E-state index in [4.69, 9.17) is 0 Å². The molecule has 0 aliphatic carbocycles. The zero-order valence-electron chi connectivity index (χ0n) is 16.6. The minimum atomic E-state index is -0.248. The lowest BCUT2D eigenvalue weighted by molar-refractivity contribution is -0.116. The summed E-state index contributed by atoms with van der Waals surface area (Å²) in [6.07, 6.45) is 5.13. The summed E-state index contributed by atoms with van der Waals surface area (Å²) in [6, 6.07) is 20.3. The van der Waals surface area contributed by atoms with E-state index in [1.54, 1.807) is 23.9 Å². The number of anilines is 1. The van der Waals surface area contributed by atoms with E-state index in [-0.39, 0.29) is 11.7 Å². The van der Waals surface area contributed by atoms with Crippen LogP contribution in [0.5, 0.6) is 0 Å². The standard InChI is InChI=1S/C24H22FN3OS/c1-30-23-14-20(26-24(29)12-9-17-5-3-2-4-6-17)13-22-21(23)16-28(27-22)15-18-7-10-19(25)11-8-18/h2-8,10-11,13-14,16H,9,12,15H2,1H3,(H,26,29). The second kappa shape index (κ2) is 9.13. The van der Waals surface area contributed by atoms with Crippen molar-refractivity contribution >= 4 is 34.3 Å². The quantitative estimate of drug-likeness (QED) is 0.402. The van der Waals surface area contributed by atoms with Crippen molar-refractivity contribution in [2.45, 2.75) is 24.3 Å². The van der Waals surface area contributed by atoms with Gasteiger partial charge in [-0.05, 0) is 48.1 Å². The minimum absolute atomic E-state index is 0.0176. The number of halogens is 1. The molecule has 0 fully saturated rings. The van der Waals surface area contributed by atoms with Gasteiger partial charge in [-0.2, -0.15) is 5.10 Å². The summed E-state index contributed by atoms with van der Waals surface area (Å²) in [5, 5.41) is 8.69. The highest BCUT2D eigenvalue weighted by atomic mass is 32.2. The number of fused-ring (bicyclic) bond motifs is 1. The predicted octanol–water partition coefficient (Wildman–Crippen LogP) is 5.52. The van der Waals surface area contributed by atoms with E-state index < -0.39 is 0 Å². The van der Waals surface area contributed by atoms with Gasteiger partial charge in [0.05, 0.1) is 12.1 Å². The average molecular weight is 420 g/mol. The number of amides is 1. The SMILES string of the molecule is CSc1cc(NC(=O)CCc2ccccc2)cc2nn(Cc3ccc(F)cc3)cc12. The van der Waals surface area contributed by atoms with Gasteiger partial charge in [0.25, 0.3) is 0 Å². The van der Waals surface area contributed by atoms with Gasteiger partial charge in [-0.15, -0.1) is 11.8 Å². The van der Waals surface area contributed by atoms with E-state index in [0.717, 1.165) is 32.6 Å². The Morgan fingerprint density at radius 2 is 1.83 bits per heavy atom. The smallest absolute Gasteiger partial charge is 0.224 e. The van der Waals surface area contributed by atoms with Crippen molar-refractivity contribution in [3.63, 3.8) is 0 Å². The van der Waals surface area contributed by atoms with Gasteiger partial charge in [0.15, 0.2) is 0 Å². The number of hydrogen-bond acceptors (Lipinski definition) is 3. The molecule has 0 atom stereocenters. The topological polar surface area (TPSA) is 46.9 Å². The van der Waals surface area contributed by atoms with E-state index in [9.17, 15) is 9.18 Å². The van der Waals surface area contributed by atoms with Crippen LogP contribution in [0.25, 0.3) is 10.9 Å². The maximum Gasteiger partial charge on any atom is 0.224 e. The summed E-state index contributed by atoms with van der Waals surface area (Å²) in [6.45, 7) is 0.557. The third kappa shape index (κ3) is 4.89. The van der Waals surface area contributed by atoms with Crippen molar-refractivity contribution in [3.05, 3.63) is 89.9 Å². The molecule has 3 aromatic carbocycles. The molecule has 0 spiro atoms. The Kier molecular flexibility index (Phi) is 6.14. The van der Waals surface area contributed by atoms with Crippen LogP contribution in [0, 0.1) is 5.82 Å². The second-order valence-corrected chi connectivity index (χ2v) is 7.95.